The van der Waals surface area contributed by atoms with E-state index in [4.69, 9.17) is 17.4 Å². The Labute approximate surface area is 89.1 Å². The maximum absolute atomic E-state index is 5.21. The Bertz CT molecular complexity index is 434. The second-order valence-electron chi connectivity index (χ2n) is 3.14. The van der Waals surface area contributed by atoms with Gasteiger partial charge in [-0.25, -0.2) is 0 Å². The van der Waals surface area contributed by atoms with E-state index in [1.165, 1.54) is 10.8 Å². The summed E-state index contributed by atoms with van der Waals surface area (Å²) < 4.78 is 5.16. The molecule has 1 nitrogen and oxygen atoms in total. The van der Waals surface area contributed by atoms with Crippen molar-refractivity contribution in [2.75, 3.05) is 7.11 Å². The lowest BCUT2D eigenvalue weighted by atomic mass is 10.1. The molecule has 0 aliphatic carbocycles. The van der Waals surface area contributed by atoms with Crippen molar-refractivity contribution in [3.05, 3.63) is 48.0 Å². The summed E-state index contributed by atoms with van der Waals surface area (Å²) in [5.41, 5.74) is 0.807. The summed E-state index contributed by atoms with van der Waals surface area (Å²) in [5, 5.41) is 2.38. The summed E-state index contributed by atoms with van der Waals surface area (Å²) in [5.74, 6) is 0. The summed E-state index contributed by atoms with van der Waals surface area (Å²) >= 11 is 5.21. The predicted molar refractivity (Wildman–Crippen MR) is 61.3 cm³/mol. The maximum atomic E-state index is 5.21. The minimum atomic E-state index is -0.263. The standard InChI is InChI=1S/C12H11OS/c1-13-12(14)11-8-4-6-9-5-2-3-7-10(9)11/h2-8,12H,1H3. The van der Waals surface area contributed by atoms with E-state index in [2.05, 4.69) is 18.2 Å². The topological polar surface area (TPSA) is 9.23 Å². The van der Waals surface area contributed by atoms with Gasteiger partial charge in [-0.1, -0.05) is 55.1 Å². The molecule has 0 aliphatic heterocycles. The van der Waals surface area contributed by atoms with Gasteiger partial charge >= 0.3 is 0 Å². The highest BCUT2D eigenvalue weighted by Gasteiger charge is 2.08. The predicted octanol–water partition coefficient (Wildman–Crippen LogP) is 3.68. The fourth-order valence-corrected chi connectivity index (χ4v) is 1.79. The van der Waals surface area contributed by atoms with Crippen molar-refractivity contribution in [3.63, 3.8) is 0 Å². The molecule has 0 aliphatic rings. The van der Waals surface area contributed by atoms with Crippen LogP contribution in [0.4, 0.5) is 0 Å². The highest BCUT2D eigenvalue weighted by molar-refractivity contribution is 7.80. The monoisotopic (exact) mass is 203 g/mol. The van der Waals surface area contributed by atoms with Gasteiger partial charge in [0.05, 0.1) is 0 Å². The molecular formula is C12H11OS. The lowest BCUT2D eigenvalue weighted by Gasteiger charge is -2.10. The van der Waals surface area contributed by atoms with Gasteiger partial charge in [0.15, 0.2) is 0 Å². The summed E-state index contributed by atoms with van der Waals surface area (Å²) in [7, 11) is 1.64. The number of benzene rings is 2. The van der Waals surface area contributed by atoms with Crippen LogP contribution in [-0.4, -0.2) is 7.11 Å². The van der Waals surface area contributed by atoms with Crippen LogP contribution in [0.25, 0.3) is 10.8 Å². The molecule has 0 spiro atoms. The van der Waals surface area contributed by atoms with Gasteiger partial charge in [-0.15, -0.1) is 0 Å². The molecule has 0 saturated carbocycles. The average Bonchev–Trinajstić information content (AvgIpc) is 2.27. The normalized spacial score (nSPS) is 13.0. The van der Waals surface area contributed by atoms with E-state index < -0.39 is 0 Å². The van der Waals surface area contributed by atoms with Gasteiger partial charge in [0.2, 0.25) is 0 Å². The van der Waals surface area contributed by atoms with E-state index in [0.717, 1.165) is 5.56 Å². The van der Waals surface area contributed by atoms with Crippen molar-refractivity contribution in [1.82, 2.24) is 0 Å². The average molecular weight is 203 g/mol. The Balaban J connectivity index is 2.65. The van der Waals surface area contributed by atoms with Crippen molar-refractivity contribution >= 4 is 23.4 Å². The summed E-state index contributed by atoms with van der Waals surface area (Å²) in [4.78, 5) is 0. The van der Waals surface area contributed by atoms with E-state index >= 15 is 0 Å². The fourth-order valence-electron chi connectivity index (χ4n) is 1.58. The van der Waals surface area contributed by atoms with Crippen LogP contribution in [0.1, 0.15) is 11.0 Å². The Morgan fingerprint density at radius 3 is 2.57 bits per heavy atom. The van der Waals surface area contributed by atoms with Crippen molar-refractivity contribution in [3.8, 4) is 0 Å². The Morgan fingerprint density at radius 2 is 1.79 bits per heavy atom. The molecule has 2 heteroatoms. The highest BCUT2D eigenvalue weighted by atomic mass is 32.1. The molecule has 2 aromatic rings. The van der Waals surface area contributed by atoms with Gasteiger partial charge in [0.1, 0.15) is 5.44 Å². The Hall–Kier alpha value is -0.990. The van der Waals surface area contributed by atoms with E-state index in [9.17, 15) is 0 Å². The zero-order valence-corrected chi connectivity index (χ0v) is 8.75. The number of hydrogen-bond donors (Lipinski definition) is 0. The molecule has 0 amide bonds. The molecule has 0 fully saturated rings. The molecule has 2 rings (SSSR count). The SMILES string of the molecule is COC([S])c1cccc2ccccc12. The first-order valence-electron chi connectivity index (χ1n) is 4.49. The third-order valence-corrected chi connectivity index (χ3v) is 2.74. The van der Waals surface area contributed by atoms with Crippen LogP contribution in [0, 0.1) is 0 Å². The minimum absolute atomic E-state index is 0.263. The first-order valence-corrected chi connectivity index (χ1v) is 4.96. The Kier molecular flexibility index (Phi) is 2.75. The van der Waals surface area contributed by atoms with Crippen LogP contribution in [-0.2, 0) is 4.74 Å². The number of rotatable bonds is 2. The lowest BCUT2D eigenvalue weighted by molar-refractivity contribution is 0.178. The van der Waals surface area contributed by atoms with Crippen LogP contribution in [0.3, 0.4) is 0 Å². The molecule has 1 unspecified atom stereocenters. The zero-order chi connectivity index (χ0) is 9.97. The molecule has 14 heavy (non-hydrogen) atoms. The van der Waals surface area contributed by atoms with Gasteiger partial charge < -0.3 is 4.74 Å². The van der Waals surface area contributed by atoms with Gasteiger partial charge in [-0.3, -0.25) is 0 Å². The van der Waals surface area contributed by atoms with E-state index in [1.807, 2.05) is 24.3 Å². The third-order valence-electron chi connectivity index (χ3n) is 2.29. The maximum Gasteiger partial charge on any atom is 0.138 e. The smallest absolute Gasteiger partial charge is 0.138 e. The van der Waals surface area contributed by atoms with E-state index in [-0.39, 0.29) is 5.44 Å². The van der Waals surface area contributed by atoms with E-state index in [1.54, 1.807) is 7.11 Å². The molecule has 0 heterocycles. The number of fused-ring (bicyclic) bond motifs is 1. The minimum Gasteiger partial charge on any atom is -0.365 e. The molecule has 1 atom stereocenters. The second-order valence-corrected chi connectivity index (χ2v) is 3.56. The number of methoxy groups -OCH3 is 1. The molecule has 2 aromatic carbocycles. The molecule has 71 valence electrons. The summed E-state index contributed by atoms with van der Waals surface area (Å²) in [6.07, 6.45) is 0. The second kappa shape index (κ2) is 4.03. The van der Waals surface area contributed by atoms with Crippen LogP contribution in [0.15, 0.2) is 42.5 Å². The van der Waals surface area contributed by atoms with Crippen LogP contribution >= 0.6 is 12.6 Å². The molecule has 0 saturated heterocycles. The van der Waals surface area contributed by atoms with Gasteiger partial charge in [-0.2, -0.15) is 0 Å². The molecular weight excluding hydrogens is 192 g/mol. The first kappa shape index (κ1) is 9.56. The van der Waals surface area contributed by atoms with Crippen LogP contribution in [0.5, 0.6) is 0 Å². The number of hydrogen-bond acceptors (Lipinski definition) is 1. The van der Waals surface area contributed by atoms with Crippen molar-refractivity contribution < 1.29 is 4.74 Å². The van der Waals surface area contributed by atoms with Gasteiger partial charge in [0.25, 0.3) is 0 Å². The van der Waals surface area contributed by atoms with Gasteiger partial charge in [0, 0.05) is 7.11 Å². The van der Waals surface area contributed by atoms with Crippen molar-refractivity contribution in [1.29, 1.82) is 0 Å². The van der Waals surface area contributed by atoms with E-state index in [0.29, 0.717) is 0 Å². The largest absolute Gasteiger partial charge is 0.365 e. The summed E-state index contributed by atoms with van der Waals surface area (Å²) in [6.45, 7) is 0. The van der Waals surface area contributed by atoms with Crippen molar-refractivity contribution in [2.24, 2.45) is 0 Å². The number of ether oxygens (including phenoxy) is 1. The highest BCUT2D eigenvalue weighted by Crippen LogP contribution is 2.28. The van der Waals surface area contributed by atoms with Crippen LogP contribution < -0.4 is 0 Å². The van der Waals surface area contributed by atoms with Crippen LogP contribution in [0.2, 0.25) is 0 Å². The first-order chi connectivity index (χ1) is 6.83. The Morgan fingerprint density at radius 1 is 1.07 bits per heavy atom. The van der Waals surface area contributed by atoms with Crippen molar-refractivity contribution in [2.45, 2.75) is 5.44 Å². The van der Waals surface area contributed by atoms with Gasteiger partial charge in [-0.05, 0) is 16.3 Å². The third kappa shape index (κ3) is 1.63. The zero-order valence-electron chi connectivity index (χ0n) is 7.94. The summed E-state index contributed by atoms with van der Waals surface area (Å²) in [6, 6.07) is 14.3. The fraction of sp³-hybridized carbons (Fsp3) is 0.167. The molecule has 0 bridgehead atoms. The molecule has 1 radical (unpaired) electrons. The molecule has 0 aromatic heterocycles. The lowest BCUT2D eigenvalue weighted by Crippen LogP contribution is -1.93. The quantitative estimate of drug-likeness (QED) is 0.723. The molecule has 0 N–H and O–H groups in total.